The molecule has 40 heavy (non-hydrogen) atoms. The predicted octanol–water partition coefficient (Wildman–Crippen LogP) is 5.41. The van der Waals surface area contributed by atoms with Gasteiger partial charge < -0.3 is 19.6 Å². The number of carboxylic acid groups (broad SMARTS) is 1. The Morgan fingerprint density at radius 3 is 2.42 bits per heavy atom. The molecule has 0 spiro atoms. The molecule has 2 N–H and O–H groups in total. The maximum absolute atomic E-state index is 13.6. The van der Waals surface area contributed by atoms with Crippen molar-refractivity contribution in [1.82, 2.24) is 9.99 Å². The van der Waals surface area contributed by atoms with Crippen LogP contribution in [0.4, 0.5) is 0 Å². The first kappa shape index (κ1) is 27.0. The number of amides is 1. The van der Waals surface area contributed by atoms with Gasteiger partial charge in [0.1, 0.15) is 0 Å². The number of aliphatic carboxylic acids is 1. The van der Waals surface area contributed by atoms with E-state index in [1.54, 1.807) is 30.3 Å². The molecule has 0 saturated carbocycles. The number of aromatic amines is 1. The summed E-state index contributed by atoms with van der Waals surface area (Å²) in [4.78, 5) is 41.1. The van der Waals surface area contributed by atoms with E-state index in [-0.39, 0.29) is 24.8 Å². The molecule has 1 amide bonds. The number of aromatic nitrogens is 1. The van der Waals surface area contributed by atoms with Gasteiger partial charge in [-0.3, -0.25) is 14.4 Å². The van der Waals surface area contributed by atoms with Crippen molar-refractivity contribution in [3.05, 3.63) is 93.2 Å². The molecule has 9 nitrogen and oxygen atoms in total. The van der Waals surface area contributed by atoms with Crippen molar-refractivity contribution < 1.29 is 24.2 Å². The smallest absolute Gasteiger partial charge is 0.303 e. The number of carboxylic acids is 1. The zero-order chi connectivity index (χ0) is 28.4. The third-order valence-corrected chi connectivity index (χ3v) is 7.11. The molecule has 0 bridgehead atoms. The Labute approximate surface area is 234 Å². The summed E-state index contributed by atoms with van der Waals surface area (Å²) < 4.78 is 10.8. The van der Waals surface area contributed by atoms with Crippen LogP contribution in [0.2, 0.25) is 5.02 Å². The zero-order valence-corrected chi connectivity index (χ0v) is 22.6. The van der Waals surface area contributed by atoms with Crippen LogP contribution in [0.5, 0.6) is 11.5 Å². The predicted molar refractivity (Wildman–Crippen MR) is 152 cm³/mol. The van der Waals surface area contributed by atoms with Gasteiger partial charge in [0, 0.05) is 34.3 Å². The van der Waals surface area contributed by atoms with E-state index in [1.165, 1.54) is 19.2 Å². The van der Waals surface area contributed by atoms with Crippen molar-refractivity contribution in [2.45, 2.75) is 25.3 Å². The summed E-state index contributed by atoms with van der Waals surface area (Å²) in [5, 5.41) is 16.5. The lowest BCUT2D eigenvalue weighted by atomic mass is 9.91. The highest BCUT2D eigenvalue weighted by atomic mass is 35.5. The van der Waals surface area contributed by atoms with Crippen molar-refractivity contribution in [1.29, 1.82) is 0 Å². The highest BCUT2D eigenvalue weighted by molar-refractivity contribution is 6.30. The second kappa shape index (κ2) is 11.2. The monoisotopic (exact) mass is 559 g/mol. The van der Waals surface area contributed by atoms with Crippen LogP contribution in [0.25, 0.3) is 22.0 Å². The van der Waals surface area contributed by atoms with Gasteiger partial charge in [-0.05, 0) is 41.5 Å². The van der Waals surface area contributed by atoms with Gasteiger partial charge in [-0.15, -0.1) is 0 Å². The van der Waals surface area contributed by atoms with E-state index < -0.39 is 17.9 Å². The van der Waals surface area contributed by atoms with Gasteiger partial charge in [0.2, 0.25) is 5.91 Å². The average molecular weight is 560 g/mol. The summed E-state index contributed by atoms with van der Waals surface area (Å²) in [5.74, 6) is -0.570. The van der Waals surface area contributed by atoms with Crippen molar-refractivity contribution in [3.63, 3.8) is 0 Å². The van der Waals surface area contributed by atoms with Crippen molar-refractivity contribution in [2.24, 2.45) is 5.10 Å². The van der Waals surface area contributed by atoms with E-state index in [4.69, 9.17) is 21.1 Å². The number of carbonyl (C=O) groups is 2. The number of benzene rings is 3. The lowest BCUT2D eigenvalue weighted by molar-refractivity contribution is -0.141. The molecule has 0 saturated heterocycles. The van der Waals surface area contributed by atoms with E-state index >= 15 is 0 Å². The number of nitrogens with one attached hydrogen (secondary N) is 1. The Bertz CT molecular complexity index is 1700. The van der Waals surface area contributed by atoms with Crippen LogP contribution in [0.1, 0.15) is 36.4 Å². The molecule has 1 aromatic heterocycles. The molecule has 1 atom stereocenters. The molecule has 0 aliphatic carbocycles. The van der Waals surface area contributed by atoms with Crippen LogP contribution in [-0.4, -0.2) is 46.9 Å². The molecule has 1 aliphatic heterocycles. The third-order valence-electron chi connectivity index (χ3n) is 6.85. The van der Waals surface area contributed by atoms with E-state index in [9.17, 15) is 19.5 Å². The Hall–Kier alpha value is -4.63. The van der Waals surface area contributed by atoms with Gasteiger partial charge in [0.15, 0.2) is 11.5 Å². The van der Waals surface area contributed by atoms with Crippen LogP contribution in [0, 0.1) is 0 Å². The molecule has 0 fully saturated rings. The van der Waals surface area contributed by atoms with Crippen LogP contribution < -0.4 is 15.0 Å². The first-order chi connectivity index (χ1) is 19.3. The van der Waals surface area contributed by atoms with Crippen LogP contribution >= 0.6 is 11.6 Å². The highest BCUT2D eigenvalue weighted by Crippen LogP contribution is 2.39. The molecule has 0 unspecified atom stereocenters. The number of carbonyl (C=O) groups excluding carboxylic acids is 1. The van der Waals surface area contributed by atoms with E-state index in [0.29, 0.717) is 44.4 Å². The Kier molecular flexibility index (Phi) is 7.57. The second-order valence-corrected chi connectivity index (χ2v) is 9.71. The lowest BCUT2D eigenvalue weighted by Gasteiger charge is -2.22. The fourth-order valence-corrected chi connectivity index (χ4v) is 5.10. The number of para-hydroxylation sites is 1. The number of methoxy groups -OCH3 is 2. The van der Waals surface area contributed by atoms with Crippen molar-refractivity contribution in [2.75, 3.05) is 14.2 Å². The van der Waals surface area contributed by atoms with E-state index in [1.807, 2.05) is 36.4 Å². The maximum atomic E-state index is 13.6. The molecule has 5 rings (SSSR count). The zero-order valence-electron chi connectivity index (χ0n) is 21.8. The van der Waals surface area contributed by atoms with Crippen molar-refractivity contribution in [3.8, 4) is 22.6 Å². The number of halogens is 1. The SMILES string of the molecule is COc1ccc([C@H]2CC(c3c(-c4ccc(Cl)cc4)c4ccccc4[nH]c3=O)=NN2C(=O)CCC(=O)O)cc1OC. The second-order valence-electron chi connectivity index (χ2n) is 9.27. The topological polar surface area (TPSA) is 121 Å². The number of pyridine rings is 1. The summed E-state index contributed by atoms with van der Waals surface area (Å²) in [7, 11) is 3.04. The van der Waals surface area contributed by atoms with Gasteiger partial charge in [-0.1, -0.05) is 48.0 Å². The minimum Gasteiger partial charge on any atom is -0.493 e. The van der Waals surface area contributed by atoms with E-state index in [0.717, 1.165) is 10.9 Å². The van der Waals surface area contributed by atoms with Gasteiger partial charge in [-0.25, -0.2) is 5.01 Å². The maximum Gasteiger partial charge on any atom is 0.303 e. The Balaban J connectivity index is 1.68. The Morgan fingerprint density at radius 1 is 1.00 bits per heavy atom. The summed E-state index contributed by atoms with van der Waals surface area (Å²) >= 11 is 6.16. The lowest BCUT2D eigenvalue weighted by Crippen LogP contribution is -2.27. The number of hydrazone groups is 1. The Morgan fingerprint density at radius 2 is 1.73 bits per heavy atom. The molecule has 2 heterocycles. The standard InChI is InChI=1S/C30H26ClN3O6/c1-39-24-12-9-18(15-25(24)40-2)23-16-22(33-34(23)26(35)13-14-27(36)37)29-28(17-7-10-19(31)11-8-17)20-5-3-4-6-21(20)32-30(29)38/h3-12,15,23H,13-14,16H2,1-2H3,(H,32,38)(H,36,37)/t23-/m1/s1. The number of ether oxygens (including phenoxy) is 2. The van der Waals surface area contributed by atoms with Gasteiger partial charge in [-0.2, -0.15) is 5.10 Å². The van der Waals surface area contributed by atoms with Crippen LogP contribution in [0.3, 0.4) is 0 Å². The summed E-state index contributed by atoms with van der Waals surface area (Å²) in [5.41, 5.74) is 3.17. The quantitative estimate of drug-likeness (QED) is 0.298. The highest BCUT2D eigenvalue weighted by Gasteiger charge is 2.36. The van der Waals surface area contributed by atoms with Gasteiger partial charge in [0.05, 0.1) is 38.0 Å². The number of hydrogen-bond acceptors (Lipinski definition) is 6. The first-order valence-electron chi connectivity index (χ1n) is 12.5. The summed E-state index contributed by atoms with van der Waals surface area (Å²) in [6.07, 6.45) is -0.365. The number of rotatable bonds is 8. The van der Waals surface area contributed by atoms with Gasteiger partial charge >= 0.3 is 5.97 Å². The molecule has 0 radical (unpaired) electrons. The summed E-state index contributed by atoms with van der Waals surface area (Å²) in [6, 6.07) is 19.3. The number of nitrogens with zero attached hydrogens (tertiary/aromatic N) is 2. The van der Waals surface area contributed by atoms with E-state index in [2.05, 4.69) is 10.1 Å². The molecule has 4 aromatic rings. The van der Waals surface area contributed by atoms with Crippen LogP contribution in [0.15, 0.2) is 76.6 Å². The van der Waals surface area contributed by atoms with Crippen LogP contribution in [-0.2, 0) is 9.59 Å². The largest absolute Gasteiger partial charge is 0.493 e. The number of H-pyrrole nitrogens is 1. The minimum absolute atomic E-state index is 0.219. The molecule has 10 heteroatoms. The molecular weight excluding hydrogens is 534 g/mol. The fourth-order valence-electron chi connectivity index (χ4n) is 4.97. The third kappa shape index (κ3) is 5.15. The molecule has 1 aliphatic rings. The number of fused-ring (bicyclic) bond motifs is 1. The first-order valence-corrected chi connectivity index (χ1v) is 12.9. The molecular formula is C30H26ClN3O6. The molecule has 3 aromatic carbocycles. The van der Waals surface area contributed by atoms with Crippen molar-refractivity contribution >= 4 is 40.1 Å². The average Bonchev–Trinajstić information content (AvgIpc) is 3.40. The normalized spacial score (nSPS) is 14.7. The fraction of sp³-hybridized carbons (Fsp3) is 0.200. The molecule has 204 valence electrons. The number of hydrogen-bond donors (Lipinski definition) is 2. The summed E-state index contributed by atoms with van der Waals surface area (Å²) in [6.45, 7) is 0. The van der Waals surface area contributed by atoms with Gasteiger partial charge in [0.25, 0.3) is 5.56 Å². The minimum atomic E-state index is -1.09.